The minimum Gasteiger partial charge on any atom is -0.0795 e. The summed E-state index contributed by atoms with van der Waals surface area (Å²) in [6.07, 6.45) is 25.4. The molecule has 2 aromatic rings. The maximum Gasteiger partial charge on any atom is 0.0281 e. The summed E-state index contributed by atoms with van der Waals surface area (Å²) in [5.41, 5.74) is 11.6. The molecule has 0 heterocycles. The van der Waals surface area contributed by atoms with Crippen LogP contribution in [-0.4, -0.2) is 0 Å². The Kier molecular flexibility index (Phi) is 4.87. The predicted molar refractivity (Wildman–Crippen MR) is 132 cm³/mol. The summed E-state index contributed by atoms with van der Waals surface area (Å²) in [5, 5.41) is 0. The molecule has 4 aliphatic rings. The Morgan fingerprint density at radius 2 is 1.68 bits per heavy atom. The number of fused-ring (bicyclic) bond motifs is 2. The van der Waals surface area contributed by atoms with Gasteiger partial charge in [0.05, 0.1) is 0 Å². The molecule has 0 aromatic heterocycles. The molecule has 0 bridgehead atoms. The standard InChI is InChI=1S/C31H30/c1-2-7-23(8-3-1)24-17-15-22(16-18-24)21-26-19-20-31(30-14-6-12-28(26)30)29-13-5-10-25-9-4-11-27(25)29/h4-6,10-20,23,30H,1-3,7-9,21H2. The second-order valence-corrected chi connectivity index (χ2v) is 9.54. The highest BCUT2D eigenvalue weighted by Gasteiger charge is 2.27. The lowest BCUT2D eigenvalue weighted by Crippen LogP contribution is -2.11. The predicted octanol–water partition coefficient (Wildman–Crippen LogP) is 7.98. The Balaban J connectivity index is 1.27. The molecule has 4 aliphatic carbocycles. The van der Waals surface area contributed by atoms with E-state index in [0.717, 1.165) is 18.8 Å². The molecular weight excluding hydrogens is 372 g/mol. The second kappa shape index (κ2) is 8.00. The molecule has 0 N–H and O–H groups in total. The van der Waals surface area contributed by atoms with E-state index < -0.39 is 0 Å². The highest BCUT2D eigenvalue weighted by atomic mass is 14.3. The van der Waals surface area contributed by atoms with Crippen LogP contribution in [0.15, 0.2) is 90.1 Å². The zero-order chi connectivity index (χ0) is 20.6. The first-order valence-corrected chi connectivity index (χ1v) is 12.0. The van der Waals surface area contributed by atoms with Crippen molar-refractivity contribution in [1.82, 2.24) is 0 Å². The van der Waals surface area contributed by atoms with Crippen molar-refractivity contribution in [1.29, 1.82) is 0 Å². The quantitative estimate of drug-likeness (QED) is 0.486. The average molecular weight is 403 g/mol. The van der Waals surface area contributed by atoms with E-state index >= 15 is 0 Å². The van der Waals surface area contributed by atoms with E-state index in [9.17, 15) is 0 Å². The summed E-state index contributed by atoms with van der Waals surface area (Å²) in [5.74, 6) is 1.18. The summed E-state index contributed by atoms with van der Waals surface area (Å²) in [4.78, 5) is 0. The van der Waals surface area contributed by atoms with Gasteiger partial charge in [-0.05, 0) is 76.1 Å². The molecule has 2 aromatic carbocycles. The van der Waals surface area contributed by atoms with Crippen LogP contribution in [-0.2, 0) is 12.8 Å². The smallest absolute Gasteiger partial charge is 0.0281 e. The molecule has 0 aliphatic heterocycles. The number of benzene rings is 2. The zero-order valence-corrected chi connectivity index (χ0v) is 18.2. The van der Waals surface area contributed by atoms with Gasteiger partial charge in [0.2, 0.25) is 0 Å². The van der Waals surface area contributed by atoms with E-state index in [4.69, 9.17) is 0 Å². The van der Waals surface area contributed by atoms with E-state index in [1.54, 1.807) is 5.56 Å². The lowest BCUT2D eigenvalue weighted by Gasteiger charge is -2.26. The molecule has 0 heteroatoms. The van der Waals surface area contributed by atoms with Gasteiger partial charge in [0.15, 0.2) is 0 Å². The first-order chi connectivity index (χ1) is 15.4. The molecule has 0 saturated heterocycles. The maximum atomic E-state index is 2.40. The van der Waals surface area contributed by atoms with Crippen molar-refractivity contribution in [2.24, 2.45) is 5.92 Å². The highest BCUT2D eigenvalue weighted by molar-refractivity contribution is 5.84. The SMILES string of the molecule is C1=CC2C(=C1)C(Cc1ccc(C3CCCCC3)cc1)=CC=C2c1cccc2c1C=CC2. The van der Waals surface area contributed by atoms with E-state index in [0.29, 0.717) is 5.92 Å². The van der Waals surface area contributed by atoms with Crippen molar-refractivity contribution < 1.29 is 0 Å². The number of hydrogen-bond acceptors (Lipinski definition) is 0. The van der Waals surface area contributed by atoms with Gasteiger partial charge < -0.3 is 0 Å². The summed E-state index contributed by atoms with van der Waals surface area (Å²) in [6, 6.07) is 16.3. The van der Waals surface area contributed by atoms with Crippen molar-refractivity contribution in [3.8, 4) is 0 Å². The van der Waals surface area contributed by atoms with Gasteiger partial charge in [0.1, 0.15) is 0 Å². The van der Waals surface area contributed by atoms with E-state index in [1.807, 2.05) is 0 Å². The Hall–Kier alpha value is -2.86. The van der Waals surface area contributed by atoms with E-state index in [1.165, 1.54) is 71.1 Å². The molecule has 1 fully saturated rings. The van der Waals surface area contributed by atoms with Gasteiger partial charge in [-0.25, -0.2) is 0 Å². The summed E-state index contributed by atoms with van der Waals surface area (Å²) < 4.78 is 0. The molecule has 0 radical (unpaired) electrons. The third-order valence-corrected chi connectivity index (χ3v) is 7.66. The van der Waals surface area contributed by atoms with Crippen molar-refractivity contribution >= 4 is 11.6 Å². The number of allylic oxidation sites excluding steroid dienone is 9. The molecule has 0 nitrogen and oxygen atoms in total. The van der Waals surface area contributed by atoms with Gasteiger partial charge in [-0.1, -0.05) is 104 Å². The van der Waals surface area contributed by atoms with E-state index in [2.05, 4.69) is 85.0 Å². The van der Waals surface area contributed by atoms with Gasteiger partial charge in [0, 0.05) is 5.92 Å². The van der Waals surface area contributed by atoms with Gasteiger partial charge in [-0.2, -0.15) is 0 Å². The Morgan fingerprint density at radius 1 is 0.806 bits per heavy atom. The minimum absolute atomic E-state index is 0.391. The fraction of sp³-hybridized carbons (Fsp3) is 0.290. The van der Waals surface area contributed by atoms with Crippen LogP contribution in [0, 0.1) is 5.92 Å². The molecule has 0 amide bonds. The maximum absolute atomic E-state index is 2.40. The molecule has 154 valence electrons. The normalized spacial score (nSPS) is 22.1. The van der Waals surface area contributed by atoms with Crippen molar-refractivity contribution in [2.45, 2.75) is 50.9 Å². The van der Waals surface area contributed by atoms with Crippen LogP contribution in [0.4, 0.5) is 0 Å². The van der Waals surface area contributed by atoms with Crippen molar-refractivity contribution in [2.75, 3.05) is 0 Å². The fourth-order valence-corrected chi connectivity index (χ4v) is 5.97. The third-order valence-electron chi connectivity index (χ3n) is 7.66. The lowest BCUT2D eigenvalue weighted by atomic mass is 9.78. The van der Waals surface area contributed by atoms with Crippen LogP contribution in [0.1, 0.15) is 65.8 Å². The summed E-state index contributed by atoms with van der Waals surface area (Å²) in [6.45, 7) is 0. The monoisotopic (exact) mass is 402 g/mol. The van der Waals surface area contributed by atoms with Gasteiger partial charge in [-0.15, -0.1) is 0 Å². The van der Waals surface area contributed by atoms with Crippen LogP contribution in [0.2, 0.25) is 0 Å². The van der Waals surface area contributed by atoms with Crippen LogP contribution in [0.3, 0.4) is 0 Å². The number of hydrogen-bond donors (Lipinski definition) is 0. The molecular formula is C31H30. The minimum atomic E-state index is 0.391. The highest BCUT2D eigenvalue weighted by Crippen LogP contribution is 2.43. The van der Waals surface area contributed by atoms with Crippen LogP contribution in [0.25, 0.3) is 11.6 Å². The first-order valence-electron chi connectivity index (χ1n) is 12.0. The van der Waals surface area contributed by atoms with Gasteiger partial charge in [0.25, 0.3) is 0 Å². The zero-order valence-electron chi connectivity index (χ0n) is 18.2. The van der Waals surface area contributed by atoms with E-state index in [-0.39, 0.29) is 0 Å². The molecule has 1 atom stereocenters. The van der Waals surface area contributed by atoms with Crippen molar-refractivity contribution in [3.63, 3.8) is 0 Å². The molecule has 6 rings (SSSR count). The van der Waals surface area contributed by atoms with Crippen molar-refractivity contribution in [3.05, 3.63) is 118 Å². The largest absolute Gasteiger partial charge is 0.0795 e. The Labute approximate surface area is 186 Å². The topological polar surface area (TPSA) is 0 Å². The third kappa shape index (κ3) is 3.49. The second-order valence-electron chi connectivity index (χ2n) is 9.54. The molecule has 31 heavy (non-hydrogen) atoms. The van der Waals surface area contributed by atoms with Crippen LogP contribution >= 0.6 is 0 Å². The summed E-state index contributed by atoms with van der Waals surface area (Å²) in [7, 11) is 0. The van der Waals surface area contributed by atoms with Crippen LogP contribution in [0.5, 0.6) is 0 Å². The van der Waals surface area contributed by atoms with Gasteiger partial charge in [-0.3, -0.25) is 0 Å². The molecule has 0 spiro atoms. The van der Waals surface area contributed by atoms with Gasteiger partial charge >= 0.3 is 0 Å². The molecule has 1 unspecified atom stereocenters. The lowest BCUT2D eigenvalue weighted by molar-refractivity contribution is 0.443. The molecule has 1 saturated carbocycles. The average Bonchev–Trinajstić information content (AvgIpc) is 3.50. The Bertz CT molecular complexity index is 1140. The Morgan fingerprint density at radius 3 is 2.55 bits per heavy atom. The van der Waals surface area contributed by atoms with Crippen LogP contribution < -0.4 is 0 Å². The first kappa shape index (κ1) is 18.9. The fourth-order valence-electron chi connectivity index (χ4n) is 5.97. The number of rotatable bonds is 4. The summed E-state index contributed by atoms with van der Waals surface area (Å²) >= 11 is 0.